The first-order valence-corrected chi connectivity index (χ1v) is 3.68. The van der Waals surface area contributed by atoms with Crippen molar-refractivity contribution < 1.29 is 4.79 Å². The molecule has 0 rings (SSSR count). The Morgan fingerprint density at radius 3 is 2.56 bits per heavy atom. The van der Waals surface area contributed by atoms with Gasteiger partial charge in [-0.05, 0) is 14.1 Å². The van der Waals surface area contributed by atoms with Crippen molar-refractivity contribution >= 4 is 17.0 Å². The largest absolute Gasteiger partial charge is 0.361 e. The Hall–Kier alpha value is -0.220. The van der Waals surface area contributed by atoms with Crippen LogP contribution in [-0.4, -0.2) is 36.5 Å². The van der Waals surface area contributed by atoms with E-state index in [0.29, 0.717) is 0 Å². The number of thioether (sulfide) groups is 1. The smallest absolute Gasteiger partial charge is 0.276 e. The average Bonchev–Trinajstić information content (AvgIpc) is 1.63. The van der Waals surface area contributed by atoms with E-state index >= 15 is 0 Å². The molecule has 0 fully saturated rings. The van der Waals surface area contributed by atoms with Gasteiger partial charge < -0.3 is 10.6 Å². The van der Waals surface area contributed by atoms with Crippen LogP contribution in [0.1, 0.15) is 0 Å². The van der Waals surface area contributed by atoms with Gasteiger partial charge in [-0.2, -0.15) is 0 Å². The minimum atomic E-state index is -0.295. The van der Waals surface area contributed by atoms with Gasteiger partial charge in [0.05, 0.1) is 0 Å². The minimum absolute atomic E-state index is 0.295. The molecule has 0 aromatic heterocycles. The third kappa shape index (κ3) is 7.78. The molecule has 9 heavy (non-hydrogen) atoms. The van der Waals surface area contributed by atoms with E-state index in [2.05, 4.69) is 0 Å². The predicted octanol–water partition coefficient (Wildman–Crippen LogP) is 0.360. The lowest BCUT2D eigenvalue weighted by Gasteiger charge is -2.06. The van der Waals surface area contributed by atoms with E-state index in [-0.39, 0.29) is 5.24 Å². The topological polar surface area (TPSA) is 46.3 Å². The number of primary amides is 1. The summed E-state index contributed by atoms with van der Waals surface area (Å²) < 4.78 is 0. The molecule has 3 nitrogen and oxygen atoms in total. The maximum atomic E-state index is 10.1. The third-order valence-electron chi connectivity index (χ3n) is 0.783. The summed E-state index contributed by atoms with van der Waals surface area (Å²) in [5, 5.41) is -0.295. The van der Waals surface area contributed by atoms with Gasteiger partial charge in [0.2, 0.25) is 0 Å². The van der Waals surface area contributed by atoms with E-state index in [4.69, 9.17) is 5.73 Å². The number of carbonyl (C=O) groups is 1. The molecule has 0 bridgehead atoms. The van der Waals surface area contributed by atoms with Crippen LogP contribution in [0.15, 0.2) is 0 Å². The Morgan fingerprint density at radius 1 is 1.67 bits per heavy atom. The zero-order valence-electron chi connectivity index (χ0n) is 5.76. The van der Waals surface area contributed by atoms with Crippen LogP contribution in [0.25, 0.3) is 0 Å². The molecule has 0 saturated heterocycles. The van der Waals surface area contributed by atoms with Crippen molar-refractivity contribution in [2.75, 3.05) is 26.4 Å². The van der Waals surface area contributed by atoms with E-state index in [1.165, 1.54) is 0 Å². The zero-order valence-corrected chi connectivity index (χ0v) is 6.57. The van der Waals surface area contributed by atoms with Crippen LogP contribution in [0.3, 0.4) is 0 Å². The molecule has 0 radical (unpaired) electrons. The molecule has 0 spiro atoms. The molecule has 0 aromatic carbocycles. The van der Waals surface area contributed by atoms with Gasteiger partial charge in [0, 0.05) is 12.3 Å². The van der Waals surface area contributed by atoms with Crippen LogP contribution in [0.4, 0.5) is 4.79 Å². The lowest BCUT2D eigenvalue weighted by atomic mass is 10.7. The van der Waals surface area contributed by atoms with E-state index in [9.17, 15) is 4.79 Å². The van der Waals surface area contributed by atoms with Gasteiger partial charge in [-0.15, -0.1) is 0 Å². The molecule has 0 aromatic rings. The summed E-state index contributed by atoms with van der Waals surface area (Å²) in [6, 6.07) is 0. The van der Waals surface area contributed by atoms with Gasteiger partial charge >= 0.3 is 0 Å². The number of hydrogen-bond donors (Lipinski definition) is 1. The molecule has 0 saturated carbocycles. The molecular formula is C5H12N2OS. The minimum Gasteiger partial charge on any atom is -0.361 e. The molecule has 0 aliphatic carbocycles. The van der Waals surface area contributed by atoms with Crippen LogP contribution in [0.2, 0.25) is 0 Å². The van der Waals surface area contributed by atoms with Gasteiger partial charge in [0.1, 0.15) is 0 Å². The molecule has 54 valence electrons. The molecule has 1 amide bonds. The Kier molecular flexibility index (Phi) is 4.53. The summed E-state index contributed by atoms with van der Waals surface area (Å²) in [4.78, 5) is 12.2. The highest BCUT2D eigenvalue weighted by atomic mass is 32.2. The van der Waals surface area contributed by atoms with Crippen molar-refractivity contribution in [3.63, 3.8) is 0 Å². The van der Waals surface area contributed by atoms with Crippen molar-refractivity contribution in [1.82, 2.24) is 4.90 Å². The molecular weight excluding hydrogens is 136 g/mol. The van der Waals surface area contributed by atoms with Crippen LogP contribution in [0, 0.1) is 0 Å². The highest BCUT2D eigenvalue weighted by Gasteiger charge is 1.94. The first kappa shape index (κ1) is 8.78. The fraction of sp³-hybridized carbons (Fsp3) is 0.800. The lowest BCUT2D eigenvalue weighted by Crippen LogP contribution is -2.16. The maximum absolute atomic E-state index is 10.1. The second kappa shape index (κ2) is 4.64. The van der Waals surface area contributed by atoms with Gasteiger partial charge in [-0.25, -0.2) is 0 Å². The maximum Gasteiger partial charge on any atom is 0.276 e. The number of rotatable bonds is 3. The van der Waals surface area contributed by atoms with Crippen LogP contribution in [-0.2, 0) is 0 Å². The van der Waals surface area contributed by atoms with Crippen LogP contribution in [0.5, 0.6) is 0 Å². The van der Waals surface area contributed by atoms with E-state index < -0.39 is 0 Å². The van der Waals surface area contributed by atoms with Gasteiger partial charge in [0.15, 0.2) is 0 Å². The highest BCUT2D eigenvalue weighted by molar-refractivity contribution is 8.13. The fourth-order valence-corrected chi connectivity index (χ4v) is 0.986. The first-order valence-electron chi connectivity index (χ1n) is 2.70. The molecule has 0 aliphatic heterocycles. The molecule has 0 unspecified atom stereocenters. The quantitative estimate of drug-likeness (QED) is 0.628. The van der Waals surface area contributed by atoms with Crippen molar-refractivity contribution in [2.24, 2.45) is 5.73 Å². The number of amides is 1. The van der Waals surface area contributed by atoms with Crippen molar-refractivity contribution in [1.29, 1.82) is 0 Å². The standard InChI is InChI=1S/C5H12N2OS/c1-7(2)3-4-9-5(6)8/h3-4H2,1-2H3,(H2,6,8). The molecule has 0 atom stereocenters. The summed E-state index contributed by atoms with van der Waals surface area (Å²) in [5.74, 6) is 0.780. The second-order valence-corrected chi connectivity index (χ2v) is 3.07. The first-order chi connectivity index (χ1) is 4.13. The van der Waals surface area contributed by atoms with E-state index in [1.54, 1.807) is 0 Å². The van der Waals surface area contributed by atoms with Gasteiger partial charge in [-0.1, -0.05) is 11.8 Å². The predicted molar refractivity (Wildman–Crippen MR) is 40.6 cm³/mol. The summed E-state index contributed by atoms with van der Waals surface area (Å²) in [7, 11) is 3.92. The average molecular weight is 148 g/mol. The molecule has 0 aliphatic rings. The summed E-state index contributed by atoms with van der Waals surface area (Å²) >= 11 is 1.16. The Morgan fingerprint density at radius 2 is 2.22 bits per heavy atom. The molecule has 2 N–H and O–H groups in total. The molecule has 0 heterocycles. The fourth-order valence-electron chi connectivity index (χ4n) is 0.329. The van der Waals surface area contributed by atoms with Gasteiger partial charge in [-0.3, -0.25) is 4.79 Å². The Labute approximate surface area is 59.6 Å². The van der Waals surface area contributed by atoms with E-state index in [0.717, 1.165) is 24.1 Å². The SMILES string of the molecule is CN(C)CCSC(N)=O. The van der Waals surface area contributed by atoms with Crippen LogP contribution >= 0.6 is 11.8 Å². The van der Waals surface area contributed by atoms with Crippen molar-refractivity contribution in [3.8, 4) is 0 Å². The van der Waals surface area contributed by atoms with Crippen molar-refractivity contribution in [3.05, 3.63) is 0 Å². The highest BCUT2D eigenvalue weighted by Crippen LogP contribution is 1.97. The van der Waals surface area contributed by atoms with Gasteiger partial charge in [0.25, 0.3) is 5.24 Å². The number of carbonyl (C=O) groups excluding carboxylic acids is 1. The normalized spacial score (nSPS) is 10.1. The number of nitrogens with two attached hydrogens (primary N) is 1. The lowest BCUT2D eigenvalue weighted by molar-refractivity contribution is 0.267. The van der Waals surface area contributed by atoms with Crippen LogP contribution < -0.4 is 5.73 Å². The number of hydrogen-bond acceptors (Lipinski definition) is 3. The monoisotopic (exact) mass is 148 g/mol. The van der Waals surface area contributed by atoms with E-state index in [1.807, 2.05) is 19.0 Å². The Balaban J connectivity index is 3.01. The zero-order chi connectivity index (χ0) is 7.28. The Bertz CT molecular complexity index is 95.0. The summed E-state index contributed by atoms with van der Waals surface area (Å²) in [6.45, 7) is 0.896. The second-order valence-electron chi connectivity index (χ2n) is 1.97. The molecule has 4 heteroatoms. The third-order valence-corrected chi connectivity index (χ3v) is 1.45. The number of nitrogens with zero attached hydrogens (tertiary/aromatic N) is 1. The van der Waals surface area contributed by atoms with Crippen molar-refractivity contribution in [2.45, 2.75) is 0 Å². The summed E-state index contributed by atoms with van der Waals surface area (Å²) in [5.41, 5.74) is 4.88. The summed E-state index contributed by atoms with van der Waals surface area (Å²) in [6.07, 6.45) is 0.